The van der Waals surface area contributed by atoms with E-state index in [0.717, 1.165) is 6.26 Å². The third-order valence-corrected chi connectivity index (χ3v) is 6.96. The number of imidazole rings is 1. The van der Waals surface area contributed by atoms with Crippen molar-refractivity contribution in [3.8, 4) is 28.6 Å². The van der Waals surface area contributed by atoms with Crippen LogP contribution in [0.15, 0.2) is 83.8 Å². The summed E-state index contributed by atoms with van der Waals surface area (Å²) in [6, 6.07) is 22.0. The molecule has 0 saturated carbocycles. The van der Waals surface area contributed by atoms with Crippen molar-refractivity contribution in [2.75, 3.05) is 6.26 Å². The van der Waals surface area contributed by atoms with Crippen LogP contribution >= 0.6 is 0 Å². The van der Waals surface area contributed by atoms with Gasteiger partial charge in [-0.2, -0.15) is 13.2 Å². The first-order valence-electron chi connectivity index (χ1n) is 11.1. The molecule has 0 fully saturated rings. The fourth-order valence-corrected chi connectivity index (χ4v) is 4.88. The molecule has 184 valence electrons. The second-order valence-corrected chi connectivity index (χ2v) is 10.5. The Hall–Kier alpha value is -3.85. The van der Waals surface area contributed by atoms with Crippen LogP contribution in [0, 0.1) is 0 Å². The summed E-state index contributed by atoms with van der Waals surface area (Å²) in [4.78, 5) is 4.59. The molecule has 0 radical (unpaired) electrons. The third-order valence-electron chi connectivity index (χ3n) is 5.85. The molecule has 3 aromatic carbocycles. The van der Waals surface area contributed by atoms with E-state index in [-0.39, 0.29) is 23.1 Å². The quantitative estimate of drug-likeness (QED) is 0.378. The lowest BCUT2D eigenvalue weighted by atomic mass is 10.1. The first-order valence-corrected chi connectivity index (χ1v) is 13.0. The number of nitrogens with zero attached hydrogens (tertiary/aromatic N) is 2. The molecule has 1 aliphatic carbocycles. The van der Waals surface area contributed by atoms with E-state index in [9.17, 15) is 21.6 Å². The topological polar surface area (TPSA) is 61.2 Å². The van der Waals surface area contributed by atoms with Crippen molar-refractivity contribution in [1.82, 2.24) is 9.55 Å². The molecule has 5 nitrogen and oxygen atoms in total. The second kappa shape index (κ2) is 8.98. The number of aromatic nitrogens is 2. The number of halogens is 3. The summed E-state index contributed by atoms with van der Waals surface area (Å²) < 4.78 is 72.9. The van der Waals surface area contributed by atoms with Crippen LogP contribution in [0.2, 0.25) is 0 Å². The zero-order chi connectivity index (χ0) is 25.5. The van der Waals surface area contributed by atoms with E-state index in [2.05, 4.69) is 4.98 Å². The van der Waals surface area contributed by atoms with Crippen LogP contribution in [0.25, 0.3) is 28.7 Å². The summed E-state index contributed by atoms with van der Waals surface area (Å²) in [6.07, 6.45) is -1.47. The summed E-state index contributed by atoms with van der Waals surface area (Å²) in [5, 5.41) is 0.309. The Balaban J connectivity index is 1.67. The van der Waals surface area contributed by atoms with Gasteiger partial charge in [-0.25, -0.2) is 13.4 Å². The Kier molecular flexibility index (Phi) is 5.96. The molecule has 9 heteroatoms. The molecule has 0 atom stereocenters. The highest BCUT2D eigenvalue weighted by molar-refractivity contribution is 7.90. The highest BCUT2D eigenvalue weighted by atomic mass is 32.2. The lowest BCUT2D eigenvalue weighted by Crippen LogP contribution is -2.37. The van der Waals surface area contributed by atoms with Gasteiger partial charge >= 0.3 is 6.18 Å². The van der Waals surface area contributed by atoms with Crippen LogP contribution in [0.4, 0.5) is 13.2 Å². The van der Waals surface area contributed by atoms with Crippen LogP contribution < -0.4 is 15.4 Å². The highest BCUT2D eigenvalue weighted by Gasteiger charge is 2.36. The fourth-order valence-electron chi connectivity index (χ4n) is 4.22. The lowest BCUT2D eigenvalue weighted by Gasteiger charge is -2.14. The van der Waals surface area contributed by atoms with E-state index in [1.807, 2.05) is 6.07 Å². The largest absolute Gasteiger partial charge is 0.457 e. The standard InChI is InChI=1S/C27H21F3N2O3S/c1-36(33,34)22-13-6-12-21(17-22)35-20-11-5-10-19(16-20)32-24-15-7-14-23(27(28,29)30)25(24)31-26(32)18-8-3-2-4-9-18/h2-6,8-13,15-17H,7,14H2,1H3. The third kappa shape index (κ3) is 4.66. The van der Waals surface area contributed by atoms with Crippen molar-refractivity contribution in [2.24, 2.45) is 0 Å². The number of benzene rings is 3. The maximum absolute atomic E-state index is 13.8. The predicted molar refractivity (Wildman–Crippen MR) is 131 cm³/mol. The average molecular weight is 511 g/mol. The van der Waals surface area contributed by atoms with E-state index in [4.69, 9.17) is 4.74 Å². The van der Waals surface area contributed by atoms with Crippen LogP contribution in [0.5, 0.6) is 11.5 Å². The highest BCUT2D eigenvalue weighted by Crippen LogP contribution is 2.31. The van der Waals surface area contributed by atoms with Crippen molar-refractivity contribution < 1.29 is 26.3 Å². The van der Waals surface area contributed by atoms with Gasteiger partial charge in [-0.15, -0.1) is 0 Å². The molecule has 0 amide bonds. The Morgan fingerprint density at radius 3 is 2.31 bits per heavy atom. The van der Waals surface area contributed by atoms with Gasteiger partial charge in [-0.3, -0.25) is 4.57 Å². The van der Waals surface area contributed by atoms with Crippen LogP contribution in [0.1, 0.15) is 12.8 Å². The number of sulfone groups is 1. The Morgan fingerprint density at radius 1 is 0.917 bits per heavy atom. The molecule has 1 heterocycles. The second-order valence-electron chi connectivity index (χ2n) is 8.44. The lowest BCUT2D eigenvalue weighted by molar-refractivity contribution is -0.0729. The minimum Gasteiger partial charge on any atom is -0.457 e. The van der Waals surface area contributed by atoms with E-state index in [0.29, 0.717) is 33.9 Å². The number of hydrogen-bond donors (Lipinski definition) is 0. The zero-order valence-corrected chi connectivity index (χ0v) is 20.0. The molecule has 0 N–H and O–H groups in total. The molecular weight excluding hydrogens is 489 g/mol. The fraction of sp³-hybridized carbons (Fsp3) is 0.148. The number of ether oxygens (including phenoxy) is 1. The van der Waals surface area contributed by atoms with Gasteiger partial charge in [0.1, 0.15) is 17.3 Å². The number of alkyl halides is 3. The van der Waals surface area contributed by atoms with Crippen LogP contribution in [-0.4, -0.2) is 30.4 Å². The van der Waals surface area contributed by atoms with E-state index < -0.39 is 21.6 Å². The SMILES string of the molecule is CS(=O)(=O)c1cccc(Oc2cccc(-n3c(-c4ccccc4)nc4c3=CCCC=4C(F)(F)F)c2)c1. The van der Waals surface area contributed by atoms with Gasteiger partial charge in [-0.1, -0.05) is 48.5 Å². The van der Waals surface area contributed by atoms with E-state index >= 15 is 0 Å². The first kappa shape index (κ1) is 23.9. The van der Waals surface area contributed by atoms with E-state index in [1.54, 1.807) is 71.3 Å². The first-order chi connectivity index (χ1) is 17.1. The predicted octanol–water partition coefficient (Wildman–Crippen LogP) is 5.02. The van der Waals surface area contributed by atoms with Gasteiger partial charge in [0.25, 0.3) is 0 Å². The van der Waals surface area contributed by atoms with Crippen molar-refractivity contribution >= 4 is 21.5 Å². The normalized spacial score (nSPS) is 13.7. The van der Waals surface area contributed by atoms with Gasteiger partial charge in [0.05, 0.1) is 26.9 Å². The maximum Gasteiger partial charge on any atom is 0.414 e. The molecule has 0 unspecified atom stereocenters. The van der Waals surface area contributed by atoms with Crippen LogP contribution in [-0.2, 0) is 9.84 Å². The number of fused-ring (bicyclic) bond motifs is 1. The number of rotatable bonds is 5. The molecule has 0 spiro atoms. The molecular formula is C27H21F3N2O3S. The average Bonchev–Trinajstić information content (AvgIpc) is 3.23. The molecule has 1 aliphatic rings. The molecule has 1 aromatic heterocycles. The van der Waals surface area contributed by atoms with Crippen molar-refractivity contribution in [2.45, 2.75) is 23.9 Å². The van der Waals surface area contributed by atoms with Crippen molar-refractivity contribution in [3.05, 3.63) is 89.6 Å². The molecule has 5 rings (SSSR count). The van der Waals surface area contributed by atoms with Gasteiger partial charge in [0.15, 0.2) is 9.84 Å². The maximum atomic E-state index is 13.8. The molecule has 0 saturated heterocycles. The van der Waals surface area contributed by atoms with Gasteiger partial charge in [0, 0.05) is 17.9 Å². The smallest absolute Gasteiger partial charge is 0.414 e. The summed E-state index contributed by atoms with van der Waals surface area (Å²) in [5.41, 5.74) is 0.606. The molecule has 0 aliphatic heterocycles. The summed E-state index contributed by atoms with van der Waals surface area (Å²) in [7, 11) is -3.42. The Morgan fingerprint density at radius 2 is 1.61 bits per heavy atom. The Bertz CT molecular complexity index is 1680. The summed E-state index contributed by atoms with van der Waals surface area (Å²) in [6.45, 7) is 0. The monoisotopic (exact) mass is 510 g/mol. The van der Waals surface area contributed by atoms with Gasteiger partial charge in [0.2, 0.25) is 0 Å². The van der Waals surface area contributed by atoms with Gasteiger partial charge < -0.3 is 4.74 Å². The summed E-state index contributed by atoms with van der Waals surface area (Å²) in [5.74, 6) is 1.11. The summed E-state index contributed by atoms with van der Waals surface area (Å²) >= 11 is 0. The minimum absolute atomic E-state index is 0.0696. The molecule has 36 heavy (non-hydrogen) atoms. The molecule has 4 aromatic rings. The van der Waals surface area contributed by atoms with Gasteiger partial charge in [-0.05, 0) is 43.2 Å². The van der Waals surface area contributed by atoms with Crippen LogP contribution in [0.3, 0.4) is 0 Å². The minimum atomic E-state index is -4.48. The van der Waals surface area contributed by atoms with E-state index in [1.165, 1.54) is 12.1 Å². The molecule has 0 bridgehead atoms. The zero-order valence-electron chi connectivity index (χ0n) is 19.2. The Labute approximate surface area is 205 Å². The number of hydrogen-bond acceptors (Lipinski definition) is 4. The van der Waals surface area contributed by atoms with Crippen molar-refractivity contribution in [3.63, 3.8) is 0 Å². The van der Waals surface area contributed by atoms with Crippen molar-refractivity contribution in [1.29, 1.82) is 0 Å².